The van der Waals surface area contributed by atoms with Crippen LogP contribution in [-0.2, 0) is 16.2 Å². The predicted octanol–water partition coefficient (Wildman–Crippen LogP) is 16.4. The highest BCUT2D eigenvalue weighted by atomic mass is 32.1. The van der Waals surface area contributed by atoms with Gasteiger partial charge in [-0.3, -0.25) is 0 Å². The van der Waals surface area contributed by atoms with E-state index in [-0.39, 0.29) is 16.2 Å². The molecule has 12 aromatic rings. The van der Waals surface area contributed by atoms with E-state index in [1.807, 2.05) is 22.7 Å². The van der Waals surface area contributed by atoms with Crippen LogP contribution in [0.25, 0.3) is 101 Å². The summed E-state index contributed by atoms with van der Waals surface area (Å²) < 4.78 is 15.2. The van der Waals surface area contributed by atoms with Crippen LogP contribution in [0.1, 0.15) is 78.0 Å². The Labute approximate surface area is 392 Å². The van der Waals surface area contributed by atoms with Crippen LogP contribution in [0.3, 0.4) is 0 Å². The number of para-hydroxylation sites is 1. The number of thiophene rings is 2. The van der Waals surface area contributed by atoms with Gasteiger partial charge in [-0.15, -0.1) is 22.7 Å². The Balaban J connectivity index is 1.17. The molecule has 14 rings (SSSR count). The lowest BCUT2D eigenvalue weighted by Crippen LogP contribution is -2.37. The molecule has 319 valence electrons. The third kappa shape index (κ3) is 5.37. The topological polar surface area (TPSA) is 30.1 Å². The summed E-state index contributed by atoms with van der Waals surface area (Å²) in [7, 11) is 2.50. The fraction of sp³-hybridized carbons (Fsp3) is 0.200. The normalized spacial score (nSPS) is 15.4. The van der Waals surface area contributed by atoms with Crippen LogP contribution in [0.2, 0.25) is 0 Å². The summed E-state index contributed by atoms with van der Waals surface area (Å²) in [6.07, 6.45) is 2.32. The maximum absolute atomic E-state index is 7.35. The molecule has 0 saturated heterocycles. The van der Waals surface area contributed by atoms with Crippen molar-refractivity contribution in [1.29, 1.82) is 0 Å². The molecule has 0 amide bonds. The van der Waals surface area contributed by atoms with E-state index in [0.717, 1.165) is 51.9 Å². The van der Waals surface area contributed by atoms with Gasteiger partial charge in [0.15, 0.2) is 7.28 Å². The van der Waals surface area contributed by atoms with Crippen molar-refractivity contribution in [2.24, 2.45) is 0 Å². The second-order valence-corrected chi connectivity index (χ2v) is 23.6. The first-order chi connectivity index (χ1) is 31.8. The van der Waals surface area contributed by atoms with E-state index in [1.54, 1.807) is 0 Å². The summed E-state index contributed by atoms with van der Waals surface area (Å²) >= 11 is 3.76. The third-order valence-corrected chi connectivity index (χ3v) is 17.7. The molecule has 0 spiro atoms. The summed E-state index contributed by atoms with van der Waals surface area (Å²) in [6, 6.07) is 50.5. The van der Waals surface area contributed by atoms with Gasteiger partial charge >= 0.3 is 0 Å². The van der Waals surface area contributed by atoms with Gasteiger partial charge in [-0.1, -0.05) is 127 Å². The van der Waals surface area contributed by atoms with Crippen LogP contribution in [0.5, 0.6) is 0 Å². The summed E-state index contributed by atoms with van der Waals surface area (Å²) in [5.41, 5.74) is 16.8. The lowest BCUT2D eigenvalue weighted by Gasteiger charge is -2.42. The molecule has 0 fully saturated rings. The molecule has 1 aliphatic carbocycles. The molecular formula is C60H48BN2OS2. The number of nitrogens with zero attached hydrogens (tertiary/aromatic N) is 1. The average Bonchev–Trinajstić information content (AvgIpc) is 4.06. The maximum Gasteiger partial charge on any atom is 0.198 e. The summed E-state index contributed by atoms with van der Waals surface area (Å²) in [4.78, 5) is 0. The largest absolute Gasteiger partial charge is 0.455 e. The van der Waals surface area contributed by atoms with E-state index >= 15 is 0 Å². The van der Waals surface area contributed by atoms with E-state index in [9.17, 15) is 0 Å². The molecule has 4 aromatic heterocycles. The third-order valence-electron chi connectivity index (χ3n) is 15.4. The Hall–Kier alpha value is -6.34. The quantitative estimate of drug-likeness (QED) is 0.179. The van der Waals surface area contributed by atoms with Crippen LogP contribution in [0, 0.1) is 0 Å². The molecule has 1 aliphatic heterocycles. The average molecular weight is 888 g/mol. The molecule has 1 N–H and O–H groups in total. The Morgan fingerprint density at radius 3 is 1.92 bits per heavy atom. The summed E-state index contributed by atoms with van der Waals surface area (Å²) in [5, 5.41) is 14.1. The highest BCUT2D eigenvalue weighted by Crippen LogP contribution is 2.53. The molecular weight excluding hydrogens is 840 g/mol. The zero-order chi connectivity index (χ0) is 44.6. The summed E-state index contributed by atoms with van der Waals surface area (Å²) in [6.45, 7) is 16.6. The molecule has 0 atom stereocenters. The van der Waals surface area contributed by atoms with E-state index in [0.29, 0.717) is 0 Å². The maximum atomic E-state index is 7.35. The first kappa shape index (κ1) is 38.9. The van der Waals surface area contributed by atoms with Crippen LogP contribution < -0.4 is 16.2 Å². The minimum Gasteiger partial charge on any atom is -0.455 e. The van der Waals surface area contributed by atoms with Gasteiger partial charge in [0.1, 0.15) is 11.2 Å². The molecule has 0 unspecified atom stereocenters. The number of hydrogen-bond donors (Lipinski definition) is 1. The zero-order valence-electron chi connectivity index (χ0n) is 38.4. The molecule has 2 aliphatic rings. The number of hydrogen-bond acceptors (Lipinski definition) is 4. The van der Waals surface area contributed by atoms with E-state index < -0.39 is 0 Å². The van der Waals surface area contributed by atoms with Gasteiger partial charge in [0.05, 0.1) is 5.52 Å². The smallest absolute Gasteiger partial charge is 0.198 e. The number of benzene rings is 8. The minimum absolute atomic E-state index is 0.0465. The highest BCUT2D eigenvalue weighted by Gasteiger charge is 2.39. The van der Waals surface area contributed by atoms with Crippen molar-refractivity contribution in [1.82, 2.24) is 4.57 Å². The van der Waals surface area contributed by atoms with E-state index in [4.69, 9.17) is 4.42 Å². The van der Waals surface area contributed by atoms with Gasteiger partial charge in [-0.2, -0.15) is 0 Å². The molecule has 6 heteroatoms. The van der Waals surface area contributed by atoms with Crippen molar-refractivity contribution in [3.05, 3.63) is 150 Å². The van der Waals surface area contributed by atoms with Crippen molar-refractivity contribution in [2.75, 3.05) is 5.32 Å². The fourth-order valence-electron chi connectivity index (χ4n) is 11.8. The molecule has 1 radical (unpaired) electrons. The van der Waals surface area contributed by atoms with Gasteiger partial charge in [0, 0.05) is 90.2 Å². The lowest BCUT2D eigenvalue weighted by molar-refractivity contribution is 0.332. The molecule has 0 bridgehead atoms. The lowest BCUT2D eigenvalue weighted by atomic mass is 9.58. The molecule has 66 heavy (non-hydrogen) atoms. The van der Waals surface area contributed by atoms with Gasteiger partial charge < -0.3 is 14.3 Å². The standard InChI is InChI=1S/C60H48BN2OS2/c1-58(2,3)32-20-22-33(23-21-32)62-44-30-50-37(34-14-9-12-18-48(34)65-50)26-39(44)54-55-56-52(53-36-16-8-11-17-47(36)64-57(53)54)40-27-41-42(60(6,7)25-24-59(41,4)5)29-45(40)63(56)46-31-51-38(28-43(46)61-55)35-15-10-13-19-49(35)66-51/h8-23,26-31,62H,24-25H2,1-7H3. The Kier molecular flexibility index (Phi) is 7.77. The van der Waals surface area contributed by atoms with Crippen LogP contribution in [0.15, 0.2) is 138 Å². The van der Waals surface area contributed by atoms with Crippen molar-refractivity contribution in [3.63, 3.8) is 0 Å². The molecule has 3 nitrogen and oxygen atoms in total. The van der Waals surface area contributed by atoms with Gasteiger partial charge in [-0.05, 0) is 117 Å². The van der Waals surface area contributed by atoms with Crippen LogP contribution in [0.4, 0.5) is 11.4 Å². The monoisotopic (exact) mass is 887 g/mol. The molecule has 5 heterocycles. The summed E-state index contributed by atoms with van der Waals surface area (Å²) in [5.74, 6) is 0. The Bertz CT molecular complexity index is 4090. The van der Waals surface area contributed by atoms with Crippen molar-refractivity contribution >= 4 is 136 Å². The number of furan rings is 1. The van der Waals surface area contributed by atoms with Crippen LogP contribution >= 0.6 is 22.7 Å². The minimum atomic E-state index is 0.0465. The van der Waals surface area contributed by atoms with Gasteiger partial charge in [-0.25, -0.2) is 0 Å². The van der Waals surface area contributed by atoms with Crippen molar-refractivity contribution in [2.45, 2.75) is 77.6 Å². The molecule has 0 saturated carbocycles. The predicted molar refractivity (Wildman–Crippen MR) is 288 cm³/mol. The first-order valence-electron chi connectivity index (χ1n) is 23.4. The van der Waals surface area contributed by atoms with Crippen molar-refractivity contribution in [3.8, 4) is 16.8 Å². The fourth-order valence-corrected chi connectivity index (χ4v) is 14.0. The van der Waals surface area contributed by atoms with Crippen LogP contribution in [-0.4, -0.2) is 11.8 Å². The molecule has 8 aromatic carbocycles. The second kappa shape index (κ2) is 13.2. The highest BCUT2D eigenvalue weighted by molar-refractivity contribution is 7.26. The van der Waals surface area contributed by atoms with E-state index in [1.165, 1.54) is 101 Å². The van der Waals surface area contributed by atoms with Gasteiger partial charge in [0.2, 0.25) is 0 Å². The van der Waals surface area contributed by atoms with Gasteiger partial charge in [0.25, 0.3) is 0 Å². The number of fused-ring (bicyclic) bond motifs is 16. The second-order valence-electron chi connectivity index (χ2n) is 21.4. The number of nitrogens with one attached hydrogen (secondary N) is 1. The number of rotatable bonds is 3. The number of aromatic nitrogens is 1. The first-order valence-corrected chi connectivity index (χ1v) is 25.1. The van der Waals surface area contributed by atoms with E-state index in [2.05, 4.69) is 199 Å². The SMILES string of the molecule is CC(C)(C)c1ccc(Nc2cc3sc4ccccc4c3cc2-c2c3c4c(c5cc6c(cc5n4-c4cc5sc7ccccc7c5cc4[B]3)C(C)(C)CCC6(C)C)c3c2oc2ccccc23)cc1. The Morgan fingerprint density at radius 2 is 1.23 bits per heavy atom. The van der Waals surface area contributed by atoms with Crippen molar-refractivity contribution < 1.29 is 4.42 Å². The zero-order valence-corrected chi connectivity index (χ0v) is 40.0. The number of anilines is 2. The Morgan fingerprint density at radius 1 is 0.606 bits per heavy atom.